The van der Waals surface area contributed by atoms with Crippen molar-refractivity contribution in [2.24, 2.45) is 0 Å². The number of benzene rings is 1. The summed E-state index contributed by atoms with van der Waals surface area (Å²) in [4.78, 5) is 13.8. The number of aromatic nitrogens is 4. The Labute approximate surface area is 159 Å². The molecule has 6 heteroatoms. The molecule has 1 fully saturated rings. The first kappa shape index (κ1) is 17.8. The molecular formula is C21H24N4O2. The largest absolute Gasteiger partial charge is 0.376 e. The summed E-state index contributed by atoms with van der Waals surface area (Å²) < 4.78 is 13.5. The Morgan fingerprint density at radius 2 is 1.85 bits per heavy atom. The van der Waals surface area contributed by atoms with Crippen molar-refractivity contribution < 1.29 is 9.47 Å². The van der Waals surface area contributed by atoms with E-state index in [0.29, 0.717) is 26.4 Å². The van der Waals surface area contributed by atoms with Gasteiger partial charge in [-0.25, -0.2) is 15.0 Å². The predicted octanol–water partition coefficient (Wildman–Crippen LogP) is 3.38. The molecule has 0 saturated carbocycles. The Kier molecular flexibility index (Phi) is 5.55. The van der Waals surface area contributed by atoms with Crippen LogP contribution in [0.3, 0.4) is 0 Å². The highest BCUT2D eigenvalue weighted by molar-refractivity contribution is 5.77. The van der Waals surface area contributed by atoms with Crippen molar-refractivity contribution in [3.63, 3.8) is 0 Å². The van der Waals surface area contributed by atoms with Crippen LogP contribution in [0.15, 0.2) is 49.1 Å². The van der Waals surface area contributed by atoms with E-state index in [9.17, 15) is 0 Å². The zero-order valence-electron chi connectivity index (χ0n) is 15.5. The van der Waals surface area contributed by atoms with Crippen LogP contribution in [0.25, 0.3) is 22.5 Å². The number of hydrogen-bond donors (Lipinski definition) is 0. The van der Waals surface area contributed by atoms with E-state index >= 15 is 0 Å². The molecule has 3 aromatic rings. The van der Waals surface area contributed by atoms with Crippen LogP contribution in [0.1, 0.15) is 19.2 Å². The molecule has 0 spiro atoms. The fourth-order valence-electron chi connectivity index (χ4n) is 3.32. The van der Waals surface area contributed by atoms with E-state index in [1.54, 1.807) is 0 Å². The lowest BCUT2D eigenvalue weighted by molar-refractivity contribution is -0.0934. The van der Waals surface area contributed by atoms with Crippen LogP contribution in [-0.2, 0) is 22.4 Å². The molecule has 0 aliphatic carbocycles. The van der Waals surface area contributed by atoms with Gasteiger partial charge in [0.1, 0.15) is 5.82 Å². The number of aryl methyl sites for hydroxylation is 1. The predicted molar refractivity (Wildman–Crippen MR) is 103 cm³/mol. The topological polar surface area (TPSA) is 62.1 Å². The molecule has 4 rings (SSSR count). The van der Waals surface area contributed by atoms with Gasteiger partial charge in [0.15, 0.2) is 0 Å². The first-order chi connectivity index (χ1) is 13.3. The zero-order valence-corrected chi connectivity index (χ0v) is 15.5. The maximum atomic E-state index is 5.83. The minimum Gasteiger partial charge on any atom is -0.376 e. The van der Waals surface area contributed by atoms with Crippen LogP contribution >= 0.6 is 0 Å². The van der Waals surface area contributed by atoms with Crippen LogP contribution in [0.4, 0.5) is 0 Å². The van der Waals surface area contributed by atoms with Crippen LogP contribution in [0.2, 0.25) is 0 Å². The summed E-state index contributed by atoms with van der Waals surface area (Å²) in [7, 11) is 0. The molecule has 1 aliphatic rings. The van der Waals surface area contributed by atoms with E-state index in [0.717, 1.165) is 41.2 Å². The molecule has 0 bridgehead atoms. The highest BCUT2D eigenvalue weighted by Crippen LogP contribution is 2.31. The minimum atomic E-state index is 0.0237. The van der Waals surface area contributed by atoms with E-state index in [-0.39, 0.29) is 6.10 Å². The highest BCUT2D eigenvalue weighted by Gasteiger charge is 2.20. The van der Waals surface area contributed by atoms with Gasteiger partial charge in [-0.15, -0.1) is 0 Å². The van der Waals surface area contributed by atoms with Crippen molar-refractivity contribution >= 4 is 0 Å². The molecule has 0 radical (unpaired) electrons. The summed E-state index contributed by atoms with van der Waals surface area (Å²) in [5.74, 6) is 0.873. The van der Waals surface area contributed by atoms with Gasteiger partial charge in [0.2, 0.25) is 0 Å². The molecule has 0 amide bonds. The maximum absolute atomic E-state index is 5.83. The molecule has 1 aromatic carbocycles. The number of rotatable bonds is 6. The fourth-order valence-corrected chi connectivity index (χ4v) is 3.32. The molecule has 1 atom stereocenters. The molecule has 6 nitrogen and oxygen atoms in total. The van der Waals surface area contributed by atoms with Crippen molar-refractivity contribution in [2.45, 2.75) is 32.4 Å². The summed E-state index contributed by atoms with van der Waals surface area (Å²) in [5.41, 5.74) is 3.98. The molecule has 0 unspecified atom stereocenters. The molecular weight excluding hydrogens is 340 g/mol. The lowest BCUT2D eigenvalue weighted by Gasteiger charge is -2.24. The van der Waals surface area contributed by atoms with Crippen molar-refractivity contribution in [3.05, 3.63) is 54.9 Å². The van der Waals surface area contributed by atoms with Gasteiger partial charge in [-0.2, -0.15) is 0 Å². The molecule has 1 saturated heterocycles. The first-order valence-corrected chi connectivity index (χ1v) is 9.46. The Balaban J connectivity index is 1.72. The van der Waals surface area contributed by atoms with Gasteiger partial charge < -0.3 is 14.0 Å². The monoisotopic (exact) mass is 364 g/mol. The fraction of sp³-hybridized carbons (Fsp3) is 0.381. The second kappa shape index (κ2) is 8.41. The van der Waals surface area contributed by atoms with Gasteiger partial charge in [-0.05, 0) is 6.42 Å². The first-order valence-electron chi connectivity index (χ1n) is 9.46. The standard InChI is InChI=1S/C21H24N4O2/c1-2-6-19-22-11-17(12-23-19)21-20(16-7-4-3-5-8-16)24-15-25(21)13-18-14-26-9-10-27-18/h3-5,7-8,11-12,15,18H,2,6,9-10,13-14H2,1H3/t18-/m0/s1. The van der Waals surface area contributed by atoms with Gasteiger partial charge >= 0.3 is 0 Å². The van der Waals surface area contributed by atoms with Gasteiger partial charge in [-0.1, -0.05) is 37.3 Å². The highest BCUT2D eigenvalue weighted by atomic mass is 16.6. The molecule has 1 aliphatic heterocycles. The van der Waals surface area contributed by atoms with Crippen molar-refractivity contribution in [1.82, 2.24) is 19.5 Å². The average Bonchev–Trinajstić information content (AvgIpc) is 3.14. The summed E-state index contributed by atoms with van der Waals surface area (Å²) in [6, 6.07) is 10.2. The third-order valence-corrected chi connectivity index (χ3v) is 4.62. The van der Waals surface area contributed by atoms with Gasteiger partial charge in [0, 0.05) is 29.9 Å². The van der Waals surface area contributed by atoms with E-state index in [2.05, 4.69) is 33.6 Å². The molecule has 2 aromatic heterocycles. The van der Waals surface area contributed by atoms with E-state index in [1.807, 2.05) is 36.9 Å². The average molecular weight is 364 g/mol. The maximum Gasteiger partial charge on any atom is 0.128 e. The summed E-state index contributed by atoms with van der Waals surface area (Å²) in [6.07, 6.45) is 7.61. The molecule has 3 heterocycles. The number of imidazole rings is 1. The van der Waals surface area contributed by atoms with Crippen molar-refractivity contribution in [1.29, 1.82) is 0 Å². The van der Waals surface area contributed by atoms with E-state index in [4.69, 9.17) is 14.5 Å². The number of ether oxygens (including phenoxy) is 2. The van der Waals surface area contributed by atoms with Gasteiger partial charge in [0.05, 0.1) is 50.2 Å². The Bertz CT molecular complexity index is 856. The minimum absolute atomic E-state index is 0.0237. The quantitative estimate of drug-likeness (QED) is 0.671. The normalized spacial score (nSPS) is 17.1. The lowest BCUT2D eigenvalue weighted by atomic mass is 10.1. The summed E-state index contributed by atoms with van der Waals surface area (Å²) in [5, 5.41) is 0. The zero-order chi connectivity index (χ0) is 18.5. The second-order valence-electron chi connectivity index (χ2n) is 6.67. The molecule has 0 N–H and O–H groups in total. The Morgan fingerprint density at radius 1 is 1.04 bits per heavy atom. The second-order valence-corrected chi connectivity index (χ2v) is 6.67. The van der Waals surface area contributed by atoms with Crippen LogP contribution in [-0.4, -0.2) is 45.4 Å². The Hall–Kier alpha value is -2.57. The number of hydrogen-bond acceptors (Lipinski definition) is 5. The third-order valence-electron chi connectivity index (χ3n) is 4.62. The smallest absolute Gasteiger partial charge is 0.128 e. The van der Waals surface area contributed by atoms with Crippen LogP contribution < -0.4 is 0 Å². The lowest BCUT2D eigenvalue weighted by Crippen LogP contribution is -2.32. The van der Waals surface area contributed by atoms with Crippen LogP contribution in [0.5, 0.6) is 0 Å². The van der Waals surface area contributed by atoms with Gasteiger partial charge in [0.25, 0.3) is 0 Å². The third kappa shape index (κ3) is 4.07. The summed E-state index contributed by atoms with van der Waals surface area (Å²) >= 11 is 0. The number of nitrogens with zero attached hydrogens (tertiary/aromatic N) is 4. The van der Waals surface area contributed by atoms with Crippen molar-refractivity contribution in [3.8, 4) is 22.5 Å². The molecule has 27 heavy (non-hydrogen) atoms. The van der Waals surface area contributed by atoms with Gasteiger partial charge in [-0.3, -0.25) is 0 Å². The molecule has 140 valence electrons. The summed E-state index contributed by atoms with van der Waals surface area (Å²) in [6.45, 7) is 4.71. The van der Waals surface area contributed by atoms with Crippen LogP contribution in [0, 0.1) is 0 Å². The van der Waals surface area contributed by atoms with E-state index < -0.39 is 0 Å². The van der Waals surface area contributed by atoms with E-state index in [1.165, 1.54) is 0 Å². The Morgan fingerprint density at radius 3 is 2.56 bits per heavy atom. The SMILES string of the molecule is CCCc1ncc(-c2c(-c3ccccc3)ncn2C[C@H]2COCCO2)cn1. The van der Waals surface area contributed by atoms with Crippen molar-refractivity contribution in [2.75, 3.05) is 19.8 Å².